The highest BCUT2D eigenvalue weighted by molar-refractivity contribution is 7.95. The van der Waals surface area contributed by atoms with Crippen LogP contribution in [0.1, 0.15) is 32.3 Å². The summed E-state index contributed by atoms with van der Waals surface area (Å²) in [6, 6.07) is 25.2. The molecule has 0 radical (unpaired) electrons. The number of hydrogen-bond acceptors (Lipinski definition) is 6. The molecule has 0 fully saturated rings. The Bertz CT molecular complexity index is 1750. The summed E-state index contributed by atoms with van der Waals surface area (Å²) in [6.45, 7) is 4.67. The van der Waals surface area contributed by atoms with Gasteiger partial charge in [0.1, 0.15) is 16.7 Å². The van der Waals surface area contributed by atoms with Crippen molar-refractivity contribution in [3.05, 3.63) is 102 Å². The Hall–Kier alpha value is -4.04. The zero-order valence-electron chi connectivity index (χ0n) is 22.3. The van der Waals surface area contributed by atoms with Crippen molar-refractivity contribution in [3.63, 3.8) is 0 Å². The van der Waals surface area contributed by atoms with Gasteiger partial charge in [0.2, 0.25) is 19.9 Å². The highest BCUT2D eigenvalue weighted by atomic mass is 32.2. The quantitative estimate of drug-likeness (QED) is 0.213. The van der Waals surface area contributed by atoms with Crippen LogP contribution >= 0.6 is 0 Å². The van der Waals surface area contributed by atoms with Gasteiger partial charge in [0, 0.05) is 30.4 Å². The van der Waals surface area contributed by atoms with Gasteiger partial charge in [0.05, 0.1) is 15.5 Å². The van der Waals surface area contributed by atoms with Crippen LogP contribution in [0, 0.1) is 11.3 Å². The van der Waals surface area contributed by atoms with E-state index in [0.717, 1.165) is 0 Å². The van der Waals surface area contributed by atoms with Crippen molar-refractivity contribution >= 4 is 25.9 Å². The molecule has 0 spiro atoms. The molecule has 0 unspecified atom stereocenters. The summed E-state index contributed by atoms with van der Waals surface area (Å²) in [4.78, 5) is -0.332. The van der Waals surface area contributed by atoms with E-state index in [1.165, 1.54) is 22.5 Å². The molecule has 40 heavy (non-hydrogen) atoms. The molecule has 0 amide bonds. The van der Waals surface area contributed by atoms with Crippen LogP contribution < -0.4 is 0 Å². The number of sulfonamides is 1. The predicted molar refractivity (Wildman–Crippen MR) is 156 cm³/mol. The Labute approximate surface area is 235 Å². The second-order valence-corrected chi connectivity index (χ2v) is 12.9. The smallest absolute Gasteiger partial charge is 0.240 e. The lowest BCUT2D eigenvalue weighted by molar-refractivity contribution is 0.410. The van der Waals surface area contributed by atoms with Gasteiger partial charge in [-0.1, -0.05) is 62.4 Å². The van der Waals surface area contributed by atoms with E-state index in [9.17, 15) is 22.1 Å². The highest BCUT2D eigenvalue weighted by Gasteiger charge is 2.25. The van der Waals surface area contributed by atoms with Crippen molar-refractivity contribution in [2.45, 2.75) is 36.5 Å². The maximum atomic E-state index is 13.5. The molecule has 0 N–H and O–H groups in total. The average Bonchev–Trinajstić information content (AvgIpc) is 3.40. The van der Waals surface area contributed by atoms with Gasteiger partial charge in [-0.25, -0.2) is 21.5 Å². The first-order chi connectivity index (χ1) is 19.2. The molecular formula is C30H30N4O4S2. The molecule has 0 saturated heterocycles. The third kappa shape index (κ3) is 6.07. The molecule has 0 atom stereocenters. The summed E-state index contributed by atoms with van der Waals surface area (Å²) in [5.41, 5.74) is 1.89. The molecule has 0 aliphatic carbocycles. The van der Waals surface area contributed by atoms with Crippen LogP contribution in [0.2, 0.25) is 0 Å². The number of benzene rings is 3. The summed E-state index contributed by atoms with van der Waals surface area (Å²) < 4.78 is 56.6. The maximum Gasteiger partial charge on any atom is 0.243 e. The second-order valence-electron chi connectivity index (χ2n) is 9.08. The minimum Gasteiger partial charge on any atom is -0.240 e. The number of aromatic nitrogens is 2. The molecule has 4 rings (SSSR count). The number of rotatable bonds is 11. The topological polar surface area (TPSA) is 113 Å². The third-order valence-electron chi connectivity index (χ3n) is 6.19. The van der Waals surface area contributed by atoms with E-state index in [0.29, 0.717) is 48.4 Å². The van der Waals surface area contributed by atoms with Crippen LogP contribution in [0.25, 0.3) is 23.0 Å². The van der Waals surface area contributed by atoms with Crippen molar-refractivity contribution in [2.75, 3.05) is 13.1 Å². The maximum absolute atomic E-state index is 13.5. The second kappa shape index (κ2) is 12.4. The fraction of sp³-hybridized carbons (Fsp3) is 0.200. The van der Waals surface area contributed by atoms with E-state index in [1.54, 1.807) is 53.3 Å². The van der Waals surface area contributed by atoms with Crippen molar-refractivity contribution in [1.29, 1.82) is 5.26 Å². The summed E-state index contributed by atoms with van der Waals surface area (Å²) >= 11 is 0. The molecule has 0 aliphatic rings. The van der Waals surface area contributed by atoms with Gasteiger partial charge in [-0.2, -0.15) is 14.7 Å². The normalized spacial score (nSPS) is 12.4. The molecule has 1 heterocycles. The molecule has 4 aromatic rings. The zero-order chi connectivity index (χ0) is 28.8. The molecule has 8 nitrogen and oxygen atoms in total. The standard InChI is InChI=1S/C30H30N4O4S2/c1-3-18-33(19-4-2)40(37,38)28-17-11-12-24(20-28)30-25(23-34(32-30)26-13-7-5-8-14-26)21-29(22-31)39(35,36)27-15-9-6-10-16-27/h5-17,20-21,23H,3-4,18-19H2,1-2H3. The third-order valence-corrected chi connectivity index (χ3v) is 9.77. The number of allylic oxidation sites excluding steroid dienone is 1. The Morgan fingerprint density at radius 1 is 0.875 bits per heavy atom. The molecule has 10 heteroatoms. The summed E-state index contributed by atoms with van der Waals surface area (Å²) in [5.74, 6) is 0. The molecule has 0 aliphatic heterocycles. The fourth-order valence-electron chi connectivity index (χ4n) is 4.27. The Balaban J connectivity index is 1.89. The van der Waals surface area contributed by atoms with Crippen molar-refractivity contribution in [2.24, 2.45) is 0 Å². The number of nitriles is 1. The van der Waals surface area contributed by atoms with Gasteiger partial charge < -0.3 is 0 Å². The SMILES string of the molecule is CCCN(CCC)S(=O)(=O)c1cccc(-c2nn(-c3ccccc3)cc2C=C(C#N)S(=O)(=O)c2ccccc2)c1. The van der Waals surface area contributed by atoms with Gasteiger partial charge in [-0.3, -0.25) is 0 Å². The summed E-state index contributed by atoms with van der Waals surface area (Å²) in [5, 5.41) is 14.6. The van der Waals surface area contributed by atoms with E-state index in [2.05, 4.69) is 0 Å². The van der Waals surface area contributed by atoms with Gasteiger partial charge in [0.15, 0.2) is 0 Å². The number of hydrogen-bond donors (Lipinski definition) is 0. The molecule has 3 aromatic carbocycles. The zero-order valence-corrected chi connectivity index (χ0v) is 23.9. The molecular weight excluding hydrogens is 544 g/mol. The first-order valence-electron chi connectivity index (χ1n) is 12.9. The highest BCUT2D eigenvalue weighted by Crippen LogP contribution is 2.30. The molecule has 1 aromatic heterocycles. The Morgan fingerprint density at radius 2 is 1.48 bits per heavy atom. The summed E-state index contributed by atoms with van der Waals surface area (Å²) in [6.07, 6.45) is 4.28. The Kier molecular flexibility index (Phi) is 9.00. The van der Waals surface area contributed by atoms with Crippen LogP contribution in [0.3, 0.4) is 0 Å². The van der Waals surface area contributed by atoms with E-state index in [4.69, 9.17) is 5.10 Å². The summed E-state index contributed by atoms with van der Waals surface area (Å²) in [7, 11) is -7.86. The van der Waals surface area contributed by atoms with Crippen molar-refractivity contribution in [1.82, 2.24) is 14.1 Å². The van der Waals surface area contributed by atoms with Gasteiger partial charge in [0.25, 0.3) is 0 Å². The fourth-order valence-corrected chi connectivity index (χ4v) is 7.11. The minimum atomic E-state index is -4.10. The Morgan fingerprint density at radius 3 is 2.08 bits per heavy atom. The van der Waals surface area contributed by atoms with Gasteiger partial charge in [-0.05, 0) is 55.3 Å². The first kappa shape index (κ1) is 29.0. The lowest BCUT2D eigenvalue weighted by Crippen LogP contribution is -2.32. The lowest BCUT2D eigenvalue weighted by Gasteiger charge is -2.21. The van der Waals surface area contributed by atoms with Crippen molar-refractivity contribution in [3.8, 4) is 23.0 Å². The van der Waals surface area contributed by atoms with Crippen LogP contribution in [0.5, 0.6) is 0 Å². The van der Waals surface area contributed by atoms with Crippen LogP contribution in [0.4, 0.5) is 0 Å². The van der Waals surface area contributed by atoms with Crippen molar-refractivity contribution < 1.29 is 16.8 Å². The predicted octanol–water partition coefficient (Wildman–Crippen LogP) is 5.69. The largest absolute Gasteiger partial charge is 0.243 e. The molecule has 0 bridgehead atoms. The number of nitrogens with zero attached hydrogens (tertiary/aromatic N) is 4. The number of para-hydroxylation sites is 1. The molecule has 206 valence electrons. The van der Waals surface area contributed by atoms with Crippen LogP contribution in [-0.2, 0) is 19.9 Å². The lowest BCUT2D eigenvalue weighted by atomic mass is 10.1. The van der Waals surface area contributed by atoms with E-state index < -0.39 is 24.8 Å². The van der Waals surface area contributed by atoms with E-state index in [-0.39, 0.29) is 9.79 Å². The van der Waals surface area contributed by atoms with Crippen LogP contribution in [-0.4, -0.2) is 44.0 Å². The molecule has 0 saturated carbocycles. The van der Waals surface area contributed by atoms with Gasteiger partial charge in [-0.15, -0.1) is 0 Å². The van der Waals surface area contributed by atoms with E-state index >= 15 is 0 Å². The van der Waals surface area contributed by atoms with E-state index in [1.807, 2.05) is 50.2 Å². The van der Waals surface area contributed by atoms with Crippen LogP contribution in [0.15, 0.2) is 106 Å². The first-order valence-corrected chi connectivity index (χ1v) is 15.8. The van der Waals surface area contributed by atoms with Gasteiger partial charge >= 0.3 is 0 Å². The minimum absolute atomic E-state index is 0.000156. The average molecular weight is 575 g/mol. The monoisotopic (exact) mass is 574 g/mol. The number of sulfone groups is 1.